The zero-order chi connectivity index (χ0) is 13.1. The lowest BCUT2D eigenvalue weighted by atomic mass is 10.1. The van der Waals surface area contributed by atoms with Crippen molar-refractivity contribution in [2.45, 2.75) is 27.2 Å². The number of rotatable bonds is 3. The molecule has 0 bridgehead atoms. The van der Waals surface area contributed by atoms with Crippen LogP contribution in [0.15, 0.2) is 28.8 Å². The van der Waals surface area contributed by atoms with Crippen molar-refractivity contribution in [2.75, 3.05) is 5.32 Å². The molecule has 1 heterocycles. The summed E-state index contributed by atoms with van der Waals surface area (Å²) in [6.07, 6.45) is 0.227. The van der Waals surface area contributed by atoms with Gasteiger partial charge in [0.05, 0.1) is 12.1 Å². The quantitative estimate of drug-likeness (QED) is 0.903. The van der Waals surface area contributed by atoms with Crippen LogP contribution in [-0.2, 0) is 11.2 Å². The van der Waals surface area contributed by atoms with E-state index in [2.05, 4.69) is 10.5 Å². The van der Waals surface area contributed by atoms with Crippen LogP contribution >= 0.6 is 0 Å². The van der Waals surface area contributed by atoms with Gasteiger partial charge in [0.1, 0.15) is 5.76 Å². The van der Waals surface area contributed by atoms with Crippen molar-refractivity contribution in [2.24, 2.45) is 0 Å². The molecule has 4 heteroatoms. The number of hydrogen-bond donors (Lipinski definition) is 1. The number of benzene rings is 1. The maximum absolute atomic E-state index is 11.9. The van der Waals surface area contributed by atoms with Gasteiger partial charge in [-0.2, -0.15) is 0 Å². The van der Waals surface area contributed by atoms with E-state index in [0.29, 0.717) is 11.5 Å². The smallest absolute Gasteiger partial charge is 0.230 e. The van der Waals surface area contributed by atoms with Crippen LogP contribution in [-0.4, -0.2) is 11.1 Å². The van der Waals surface area contributed by atoms with E-state index in [-0.39, 0.29) is 12.3 Å². The van der Waals surface area contributed by atoms with E-state index in [1.807, 2.05) is 32.0 Å². The summed E-state index contributed by atoms with van der Waals surface area (Å²) >= 11 is 0. The molecule has 0 spiro atoms. The highest BCUT2D eigenvalue weighted by molar-refractivity contribution is 5.92. The molecule has 0 fully saturated rings. The molecule has 0 radical (unpaired) electrons. The van der Waals surface area contributed by atoms with Crippen molar-refractivity contribution >= 4 is 11.6 Å². The van der Waals surface area contributed by atoms with Crippen LogP contribution in [0.1, 0.15) is 22.6 Å². The van der Waals surface area contributed by atoms with E-state index in [1.54, 1.807) is 13.0 Å². The summed E-state index contributed by atoms with van der Waals surface area (Å²) in [6, 6.07) is 7.74. The van der Waals surface area contributed by atoms with Gasteiger partial charge in [-0.15, -0.1) is 0 Å². The Bertz CT molecular complexity index is 573. The molecule has 18 heavy (non-hydrogen) atoms. The van der Waals surface area contributed by atoms with Crippen LogP contribution in [0.5, 0.6) is 0 Å². The number of carbonyl (C=O) groups is 1. The molecule has 1 aromatic carbocycles. The molecule has 2 rings (SSSR count). The van der Waals surface area contributed by atoms with E-state index in [4.69, 9.17) is 4.52 Å². The Hall–Kier alpha value is -2.10. The van der Waals surface area contributed by atoms with Crippen LogP contribution < -0.4 is 5.32 Å². The van der Waals surface area contributed by atoms with Crippen molar-refractivity contribution in [1.82, 2.24) is 5.16 Å². The van der Waals surface area contributed by atoms with Gasteiger partial charge in [0.2, 0.25) is 5.91 Å². The fourth-order valence-corrected chi connectivity index (χ4v) is 1.73. The molecule has 0 unspecified atom stereocenters. The highest BCUT2D eigenvalue weighted by Gasteiger charge is 2.09. The van der Waals surface area contributed by atoms with E-state index in [0.717, 1.165) is 16.8 Å². The molecule has 0 atom stereocenters. The van der Waals surface area contributed by atoms with Gasteiger partial charge in [-0.3, -0.25) is 4.79 Å². The molecule has 2 aromatic rings. The third kappa shape index (κ3) is 2.97. The molecule has 0 saturated carbocycles. The summed E-state index contributed by atoms with van der Waals surface area (Å²) in [4.78, 5) is 11.9. The Morgan fingerprint density at radius 2 is 2.06 bits per heavy atom. The maximum atomic E-state index is 11.9. The minimum atomic E-state index is -0.0861. The number of aryl methyl sites for hydroxylation is 3. The Labute approximate surface area is 106 Å². The predicted molar refractivity (Wildman–Crippen MR) is 69.5 cm³/mol. The first-order valence-corrected chi connectivity index (χ1v) is 5.84. The second kappa shape index (κ2) is 5.04. The SMILES string of the molecule is Cc1ccc(C)c(NC(=O)Cc2cc(C)on2)c1. The molecule has 0 aliphatic heterocycles. The molecule has 1 N–H and O–H groups in total. The van der Waals surface area contributed by atoms with E-state index < -0.39 is 0 Å². The molecule has 0 aliphatic rings. The first-order chi connectivity index (χ1) is 8.54. The van der Waals surface area contributed by atoms with Crippen molar-refractivity contribution in [1.29, 1.82) is 0 Å². The van der Waals surface area contributed by atoms with Crippen LogP contribution in [0.25, 0.3) is 0 Å². The molecule has 1 aromatic heterocycles. The minimum absolute atomic E-state index is 0.0861. The van der Waals surface area contributed by atoms with Crippen molar-refractivity contribution in [3.8, 4) is 0 Å². The van der Waals surface area contributed by atoms with Gasteiger partial charge in [0.25, 0.3) is 0 Å². The lowest BCUT2D eigenvalue weighted by Crippen LogP contribution is -2.15. The molecule has 1 amide bonds. The highest BCUT2D eigenvalue weighted by atomic mass is 16.5. The number of aromatic nitrogens is 1. The van der Waals surface area contributed by atoms with Crippen LogP contribution in [0.2, 0.25) is 0 Å². The van der Waals surface area contributed by atoms with Crippen LogP contribution in [0.3, 0.4) is 0 Å². The third-order valence-electron chi connectivity index (χ3n) is 2.69. The van der Waals surface area contributed by atoms with Crippen molar-refractivity contribution < 1.29 is 9.32 Å². The number of carbonyl (C=O) groups excluding carboxylic acids is 1. The molecule has 0 saturated heterocycles. The predicted octanol–water partition coefficient (Wildman–Crippen LogP) is 2.78. The van der Waals surface area contributed by atoms with Crippen LogP contribution in [0.4, 0.5) is 5.69 Å². The van der Waals surface area contributed by atoms with Gasteiger partial charge < -0.3 is 9.84 Å². The zero-order valence-electron chi connectivity index (χ0n) is 10.8. The monoisotopic (exact) mass is 244 g/mol. The molecular formula is C14H16N2O2. The van der Waals surface area contributed by atoms with Gasteiger partial charge in [0, 0.05) is 11.8 Å². The van der Waals surface area contributed by atoms with Gasteiger partial charge in [-0.1, -0.05) is 17.3 Å². The standard InChI is InChI=1S/C14H16N2O2/c1-9-4-5-10(2)13(6-9)15-14(17)8-12-7-11(3)18-16-12/h4-7H,8H2,1-3H3,(H,15,17). The zero-order valence-corrected chi connectivity index (χ0v) is 10.8. The van der Waals surface area contributed by atoms with Crippen molar-refractivity contribution in [3.63, 3.8) is 0 Å². The summed E-state index contributed by atoms with van der Waals surface area (Å²) in [7, 11) is 0. The lowest BCUT2D eigenvalue weighted by molar-refractivity contribution is -0.115. The van der Waals surface area contributed by atoms with E-state index >= 15 is 0 Å². The summed E-state index contributed by atoms with van der Waals surface area (Å²) < 4.78 is 4.93. The fraction of sp³-hybridized carbons (Fsp3) is 0.286. The summed E-state index contributed by atoms with van der Waals surface area (Å²) in [5, 5.41) is 6.69. The minimum Gasteiger partial charge on any atom is -0.361 e. The first kappa shape index (κ1) is 12.4. The summed E-state index contributed by atoms with van der Waals surface area (Å²) in [5.74, 6) is 0.626. The second-order valence-corrected chi connectivity index (χ2v) is 4.47. The average Bonchev–Trinajstić information content (AvgIpc) is 2.69. The number of amides is 1. The Kier molecular flexibility index (Phi) is 3.46. The van der Waals surface area contributed by atoms with Gasteiger partial charge in [-0.05, 0) is 38.0 Å². The topological polar surface area (TPSA) is 55.1 Å². The van der Waals surface area contributed by atoms with Gasteiger partial charge in [0.15, 0.2) is 0 Å². The third-order valence-corrected chi connectivity index (χ3v) is 2.69. The summed E-state index contributed by atoms with van der Waals surface area (Å²) in [5.41, 5.74) is 3.66. The van der Waals surface area contributed by atoms with Gasteiger partial charge in [-0.25, -0.2) is 0 Å². The number of nitrogens with one attached hydrogen (secondary N) is 1. The lowest BCUT2D eigenvalue weighted by Gasteiger charge is -2.08. The number of anilines is 1. The first-order valence-electron chi connectivity index (χ1n) is 5.84. The normalized spacial score (nSPS) is 10.4. The summed E-state index contributed by atoms with van der Waals surface area (Å²) in [6.45, 7) is 5.77. The Morgan fingerprint density at radius 1 is 1.28 bits per heavy atom. The maximum Gasteiger partial charge on any atom is 0.230 e. The molecular weight excluding hydrogens is 228 g/mol. The molecule has 0 aliphatic carbocycles. The largest absolute Gasteiger partial charge is 0.361 e. The highest BCUT2D eigenvalue weighted by Crippen LogP contribution is 2.16. The van der Waals surface area contributed by atoms with Crippen molar-refractivity contribution in [3.05, 3.63) is 46.8 Å². The second-order valence-electron chi connectivity index (χ2n) is 4.47. The van der Waals surface area contributed by atoms with E-state index in [9.17, 15) is 4.79 Å². The Balaban J connectivity index is 2.05. The fourth-order valence-electron chi connectivity index (χ4n) is 1.73. The average molecular weight is 244 g/mol. The molecule has 4 nitrogen and oxygen atoms in total. The van der Waals surface area contributed by atoms with Gasteiger partial charge >= 0.3 is 0 Å². The number of nitrogens with zero attached hydrogens (tertiary/aromatic N) is 1. The number of hydrogen-bond acceptors (Lipinski definition) is 3. The van der Waals surface area contributed by atoms with E-state index in [1.165, 1.54) is 0 Å². The van der Waals surface area contributed by atoms with Crippen LogP contribution in [0, 0.1) is 20.8 Å². The Morgan fingerprint density at radius 3 is 2.72 bits per heavy atom. The molecule has 94 valence electrons.